The van der Waals surface area contributed by atoms with Crippen molar-refractivity contribution >= 4 is 12.2 Å². The Labute approximate surface area is 330 Å². The van der Waals surface area contributed by atoms with Gasteiger partial charge in [0.25, 0.3) is 0 Å². The summed E-state index contributed by atoms with van der Waals surface area (Å²) in [7, 11) is 0. The summed E-state index contributed by atoms with van der Waals surface area (Å²) in [6.45, 7) is 29.3. The Morgan fingerprint density at radius 1 is 0.473 bits per heavy atom. The number of phenols is 4. The molecule has 6 heteroatoms. The molecule has 4 rings (SSSR count). The molecule has 0 aliphatic carbocycles. The molecule has 4 aromatic carbocycles. The van der Waals surface area contributed by atoms with E-state index in [1.165, 1.54) is 0 Å². The lowest BCUT2D eigenvalue weighted by Gasteiger charge is -2.29. The van der Waals surface area contributed by atoms with Gasteiger partial charge in [-0.3, -0.25) is 0 Å². The van der Waals surface area contributed by atoms with E-state index in [1.807, 2.05) is 18.2 Å². The van der Waals surface area contributed by atoms with Gasteiger partial charge < -0.3 is 29.9 Å². The third-order valence-electron chi connectivity index (χ3n) is 10.1. The highest BCUT2D eigenvalue weighted by Crippen LogP contribution is 2.43. The molecule has 296 valence electrons. The van der Waals surface area contributed by atoms with Crippen molar-refractivity contribution in [3.8, 4) is 34.5 Å². The fourth-order valence-corrected chi connectivity index (χ4v) is 6.53. The molecular weight excluding hydrogens is 685 g/mol. The molecular formula is C49H64O6. The average molecular weight is 749 g/mol. The molecule has 2 atom stereocenters. The lowest BCUT2D eigenvalue weighted by Crippen LogP contribution is -2.18. The van der Waals surface area contributed by atoms with E-state index in [2.05, 4.69) is 139 Å². The van der Waals surface area contributed by atoms with Crippen LogP contribution in [0, 0.1) is 0 Å². The zero-order valence-electron chi connectivity index (χ0n) is 35.6. The Bertz CT molecular complexity index is 1970. The summed E-state index contributed by atoms with van der Waals surface area (Å²) in [5, 5.41) is 43.5. The predicted molar refractivity (Wildman–Crippen MR) is 228 cm³/mol. The predicted octanol–water partition coefficient (Wildman–Crippen LogP) is 12.7. The molecule has 4 N–H and O–H groups in total. The van der Waals surface area contributed by atoms with E-state index in [-0.39, 0.29) is 63.3 Å². The zero-order chi connectivity index (χ0) is 41.3. The second-order valence-corrected chi connectivity index (χ2v) is 19.1. The second kappa shape index (κ2) is 16.1. The summed E-state index contributed by atoms with van der Waals surface area (Å²) in [6, 6.07) is 18.7. The molecule has 55 heavy (non-hydrogen) atoms. The molecule has 0 saturated heterocycles. The molecule has 0 saturated carbocycles. The maximum Gasteiger partial charge on any atom is 0.231 e. The lowest BCUT2D eigenvalue weighted by molar-refractivity contribution is 0.113. The smallest absolute Gasteiger partial charge is 0.231 e. The van der Waals surface area contributed by atoms with Crippen LogP contribution in [0.25, 0.3) is 12.2 Å². The number of phenolic OH excluding ortho intramolecular Hbond substituents is 4. The first-order valence-electron chi connectivity index (χ1n) is 19.3. The molecule has 0 heterocycles. The van der Waals surface area contributed by atoms with Gasteiger partial charge in [0.2, 0.25) is 6.79 Å². The van der Waals surface area contributed by atoms with Gasteiger partial charge in [-0.1, -0.05) is 146 Å². The second-order valence-electron chi connectivity index (χ2n) is 19.1. The maximum absolute atomic E-state index is 11.2. The van der Waals surface area contributed by atoms with Gasteiger partial charge in [0.15, 0.2) is 23.0 Å². The number of aromatic hydroxyl groups is 4. The highest BCUT2D eigenvalue weighted by molar-refractivity contribution is 5.61. The lowest BCUT2D eigenvalue weighted by atomic mass is 9.77. The average Bonchev–Trinajstić information content (AvgIpc) is 3.06. The minimum atomic E-state index is -0.226. The molecule has 0 fully saturated rings. The highest BCUT2D eigenvalue weighted by Gasteiger charge is 2.28. The van der Waals surface area contributed by atoms with E-state index < -0.39 is 0 Å². The van der Waals surface area contributed by atoms with E-state index in [4.69, 9.17) is 9.47 Å². The van der Waals surface area contributed by atoms with Gasteiger partial charge in [-0.25, -0.2) is 0 Å². The van der Waals surface area contributed by atoms with Crippen LogP contribution in [0.4, 0.5) is 0 Å². The van der Waals surface area contributed by atoms with Crippen LogP contribution < -0.4 is 9.47 Å². The normalized spacial score (nSPS) is 14.1. The van der Waals surface area contributed by atoms with E-state index in [1.54, 1.807) is 24.3 Å². The van der Waals surface area contributed by atoms with Gasteiger partial charge in [0.1, 0.15) is 11.5 Å². The van der Waals surface area contributed by atoms with Crippen molar-refractivity contribution < 1.29 is 29.9 Å². The van der Waals surface area contributed by atoms with Crippen molar-refractivity contribution in [1.82, 2.24) is 0 Å². The number of hydrogen-bond acceptors (Lipinski definition) is 6. The standard InChI is InChI=1S/C49H64O6/c1-30(16-18-33-23-36(46(3,4)5)44(52)37(24-33)47(6,7)8)34-20-22-41(51)43(28-34)55-29-54-42-25-32(19-21-40(42)50)17-15-31(2)35-26-38(48(9,10)11)45(53)39(27-35)49(12,13)14/h15-28,30-31,50-53H,29H2,1-14H3/b17-15+,18-16+. The summed E-state index contributed by atoms with van der Waals surface area (Å²) in [6.07, 6.45) is 8.28. The number of hydrogen-bond donors (Lipinski definition) is 4. The Balaban J connectivity index is 1.48. The minimum absolute atomic E-state index is 0.00886. The highest BCUT2D eigenvalue weighted by atomic mass is 16.7. The summed E-state index contributed by atoms with van der Waals surface area (Å²) < 4.78 is 11.7. The van der Waals surface area contributed by atoms with Crippen LogP contribution in [0.5, 0.6) is 34.5 Å². The molecule has 0 aromatic heterocycles. The number of benzene rings is 4. The Morgan fingerprint density at radius 3 is 1.31 bits per heavy atom. The molecule has 0 radical (unpaired) electrons. The summed E-state index contributed by atoms with van der Waals surface area (Å²) >= 11 is 0. The van der Waals surface area contributed by atoms with E-state index >= 15 is 0 Å². The fraction of sp³-hybridized carbons (Fsp3) is 0.429. The van der Waals surface area contributed by atoms with Crippen molar-refractivity contribution in [1.29, 1.82) is 0 Å². The topological polar surface area (TPSA) is 99.4 Å². The van der Waals surface area contributed by atoms with Gasteiger partial charge in [-0.15, -0.1) is 0 Å². The van der Waals surface area contributed by atoms with Gasteiger partial charge in [-0.2, -0.15) is 0 Å². The zero-order valence-corrected chi connectivity index (χ0v) is 35.6. The first-order valence-corrected chi connectivity index (χ1v) is 19.3. The molecule has 4 aromatic rings. The van der Waals surface area contributed by atoms with Gasteiger partial charge >= 0.3 is 0 Å². The Kier molecular flexibility index (Phi) is 12.6. The summed E-state index contributed by atoms with van der Waals surface area (Å²) in [5.74, 6) is 1.26. The molecule has 0 aliphatic rings. The van der Waals surface area contributed by atoms with Crippen molar-refractivity contribution in [3.05, 3.63) is 117 Å². The van der Waals surface area contributed by atoms with Crippen LogP contribution in [0.3, 0.4) is 0 Å². The van der Waals surface area contributed by atoms with Crippen LogP contribution in [-0.4, -0.2) is 27.2 Å². The third-order valence-corrected chi connectivity index (χ3v) is 10.1. The Hall–Kier alpha value is -4.84. The number of ether oxygens (including phenoxy) is 2. The van der Waals surface area contributed by atoms with Crippen LogP contribution in [0.1, 0.15) is 153 Å². The number of rotatable bonds is 10. The molecule has 6 nitrogen and oxygen atoms in total. The quantitative estimate of drug-likeness (QED) is 0.121. The number of allylic oxidation sites excluding steroid dienone is 2. The third kappa shape index (κ3) is 10.7. The molecule has 0 spiro atoms. The SMILES string of the molecule is CC(/C=C/c1cc(C(C)(C)C)c(O)c(C(C)(C)C)c1)c1ccc(O)c(OCOc2cc(/C=C/C(C)c3cc(C(C)(C)C)c(O)c(C(C)(C)C)c3)ccc2O)c1. The minimum Gasteiger partial charge on any atom is -0.507 e. The van der Waals surface area contributed by atoms with E-state index in [0.717, 1.165) is 44.5 Å². The van der Waals surface area contributed by atoms with Crippen LogP contribution >= 0.6 is 0 Å². The largest absolute Gasteiger partial charge is 0.507 e. The Morgan fingerprint density at radius 2 is 0.855 bits per heavy atom. The molecule has 0 amide bonds. The van der Waals surface area contributed by atoms with Crippen LogP contribution in [-0.2, 0) is 21.7 Å². The molecule has 2 unspecified atom stereocenters. The van der Waals surface area contributed by atoms with Gasteiger partial charge in [0.05, 0.1) is 0 Å². The van der Waals surface area contributed by atoms with Crippen molar-refractivity contribution in [3.63, 3.8) is 0 Å². The van der Waals surface area contributed by atoms with Gasteiger partial charge in [0, 0.05) is 11.1 Å². The van der Waals surface area contributed by atoms with Crippen LogP contribution in [0.15, 0.2) is 72.8 Å². The monoisotopic (exact) mass is 748 g/mol. The van der Waals surface area contributed by atoms with Crippen LogP contribution in [0.2, 0.25) is 0 Å². The van der Waals surface area contributed by atoms with Crippen molar-refractivity contribution in [2.24, 2.45) is 0 Å². The molecule has 0 aliphatic heterocycles. The van der Waals surface area contributed by atoms with Crippen molar-refractivity contribution in [2.45, 2.75) is 130 Å². The maximum atomic E-state index is 11.2. The first kappa shape index (κ1) is 42.9. The van der Waals surface area contributed by atoms with Crippen molar-refractivity contribution in [2.75, 3.05) is 6.79 Å². The fourth-order valence-electron chi connectivity index (χ4n) is 6.53. The van der Waals surface area contributed by atoms with E-state index in [0.29, 0.717) is 11.5 Å². The summed E-state index contributed by atoms with van der Waals surface area (Å²) in [5.41, 5.74) is 6.71. The van der Waals surface area contributed by atoms with E-state index in [9.17, 15) is 20.4 Å². The summed E-state index contributed by atoms with van der Waals surface area (Å²) in [4.78, 5) is 0. The molecule has 0 bridgehead atoms. The first-order chi connectivity index (χ1) is 25.3. The van der Waals surface area contributed by atoms with Gasteiger partial charge in [-0.05, 0) is 103 Å².